The van der Waals surface area contributed by atoms with Crippen LogP contribution in [0.15, 0.2) is 24.3 Å². The van der Waals surface area contributed by atoms with Crippen LogP contribution >= 0.6 is 0 Å². The normalized spacial score (nSPS) is 13.6. The highest BCUT2D eigenvalue weighted by atomic mass is 16.2. The smallest absolute Gasteiger partial charge is 0.319 e. The van der Waals surface area contributed by atoms with Crippen molar-refractivity contribution in [1.82, 2.24) is 10.6 Å². The van der Waals surface area contributed by atoms with Crippen molar-refractivity contribution in [2.24, 2.45) is 0 Å². The van der Waals surface area contributed by atoms with E-state index in [1.54, 1.807) is 24.3 Å². The molecule has 1 aliphatic carbocycles. The van der Waals surface area contributed by atoms with Crippen LogP contribution in [-0.4, -0.2) is 25.2 Å². The van der Waals surface area contributed by atoms with Gasteiger partial charge in [-0.2, -0.15) is 5.26 Å². The fourth-order valence-electron chi connectivity index (χ4n) is 1.69. The van der Waals surface area contributed by atoms with Gasteiger partial charge in [-0.15, -0.1) is 0 Å². The average Bonchev–Trinajstić information content (AvgIpc) is 3.23. The van der Waals surface area contributed by atoms with Crippen molar-refractivity contribution in [1.29, 1.82) is 5.26 Å². The van der Waals surface area contributed by atoms with Gasteiger partial charge in [0, 0.05) is 18.3 Å². The van der Waals surface area contributed by atoms with E-state index in [1.165, 1.54) is 12.8 Å². The third-order valence-corrected chi connectivity index (χ3v) is 2.92. The summed E-state index contributed by atoms with van der Waals surface area (Å²) in [5.74, 6) is 0. The number of carbonyl (C=O) groups is 1. The molecule has 1 aliphatic rings. The van der Waals surface area contributed by atoms with Crippen LogP contribution in [0.5, 0.6) is 0 Å². The molecule has 0 spiro atoms. The number of carbonyl (C=O) groups excluding carboxylic acids is 1. The van der Waals surface area contributed by atoms with E-state index in [4.69, 9.17) is 5.26 Å². The Kier molecular flexibility index (Phi) is 4.76. The van der Waals surface area contributed by atoms with Crippen molar-refractivity contribution in [2.45, 2.75) is 25.3 Å². The van der Waals surface area contributed by atoms with E-state index in [2.05, 4.69) is 16.0 Å². The maximum Gasteiger partial charge on any atom is 0.319 e. The Morgan fingerprint density at radius 3 is 2.63 bits per heavy atom. The molecule has 0 atom stereocenters. The van der Waals surface area contributed by atoms with Gasteiger partial charge < -0.3 is 16.0 Å². The number of amides is 2. The number of nitrogens with zero attached hydrogens (tertiary/aromatic N) is 1. The van der Waals surface area contributed by atoms with Gasteiger partial charge in [0.15, 0.2) is 0 Å². The number of anilines is 1. The van der Waals surface area contributed by atoms with Crippen LogP contribution in [0.1, 0.15) is 24.8 Å². The molecular formula is C14H18N4O. The first kappa shape index (κ1) is 13.4. The highest BCUT2D eigenvalue weighted by molar-refractivity contribution is 5.89. The quantitative estimate of drug-likeness (QED) is 0.681. The van der Waals surface area contributed by atoms with Crippen molar-refractivity contribution < 1.29 is 4.79 Å². The molecule has 2 amide bonds. The maximum absolute atomic E-state index is 11.6. The van der Waals surface area contributed by atoms with E-state index in [1.807, 2.05) is 6.07 Å². The van der Waals surface area contributed by atoms with Gasteiger partial charge in [0.05, 0.1) is 11.6 Å². The molecule has 2 rings (SSSR count). The molecule has 0 heterocycles. The summed E-state index contributed by atoms with van der Waals surface area (Å²) in [6, 6.07) is 9.32. The number of rotatable bonds is 6. The minimum Gasteiger partial charge on any atom is -0.338 e. The summed E-state index contributed by atoms with van der Waals surface area (Å²) in [6.07, 6.45) is 3.50. The second-order valence-corrected chi connectivity index (χ2v) is 4.65. The van der Waals surface area contributed by atoms with Gasteiger partial charge in [0.2, 0.25) is 0 Å². The summed E-state index contributed by atoms with van der Waals surface area (Å²) in [7, 11) is 0. The van der Waals surface area contributed by atoms with Crippen LogP contribution in [0.4, 0.5) is 10.5 Å². The zero-order valence-electron chi connectivity index (χ0n) is 10.8. The van der Waals surface area contributed by atoms with Crippen molar-refractivity contribution in [3.63, 3.8) is 0 Å². The number of hydrogen-bond acceptors (Lipinski definition) is 3. The standard InChI is InChI=1S/C14H18N4O/c15-10-11-2-4-13(5-3-11)18-14(19)17-9-1-8-16-12-6-7-12/h2-5,12,16H,1,6-9H2,(H2,17,18,19). The largest absolute Gasteiger partial charge is 0.338 e. The number of benzene rings is 1. The van der Waals surface area contributed by atoms with Gasteiger partial charge in [0.1, 0.15) is 0 Å². The van der Waals surface area contributed by atoms with Gasteiger partial charge in [-0.3, -0.25) is 0 Å². The van der Waals surface area contributed by atoms with Crippen LogP contribution in [0.25, 0.3) is 0 Å². The van der Waals surface area contributed by atoms with E-state index in [0.717, 1.165) is 13.0 Å². The lowest BCUT2D eigenvalue weighted by Crippen LogP contribution is -2.31. The first-order valence-corrected chi connectivity index (χ1v) is 6.56. The SMILES string of the molecule is N#Cc1ccc(NC(=O)NCCCNC2CC2)cc1. The molecule has 19 heavy (non-hydrogen) atoms. The molecule has 5 heteroatoms. The molecule has 0 bridgehead atoms. The highest BCUT2D eigenvalue weighted by Crippen LogP contribution is 2.18. The Balaban J connectivity index is 1.61. The van der Waals surface area contributed by atoms with E-state index < -0.39 is 0 Å². The van der Waals surface area contributed by atoms with Gasteiger partial charge in [-0.05, 0) is 50.1 Å². The number of urea groups is 1. The van der Waals surface area contributed by atoms with E-state index in [0.29, 0.717) is 23.8 Å². The molecule has 0 radical (unpaired) electrons. The van der Waals surface area contributed by atoms with Crippen molar-refractivity contribution >= 4 is 11.7 Å². The highest BCUT2D eigenvalue weighted by Gasteiger charge is 2.19. The minimum atomic E-state index is -0.212. The Morgan fingerprint density at radius 2 is 2.00 bits per heavy atom. The zero-order chi connectivity index (χ0) is 13.5. The Morgan fingerprint density at radius 1 is 1.26 bits per heavy atom. The molecule has 0 unspecified atom stereocenters. The average molecular weight is 258 g/mol. The van der Waals surface area contributed by atoms with Crippen LogP contribution in [0.3, 0.4) is 0 Å². The van der Waals surface area contributed by atoms with E-state index >= 15 is 0 Å². The summed E-state index contributed by atoms with van der Waals surface area (Å²) in [5.41, 5.74) is 1.27. The first-order chi connectivity index (χ1) is 9.28. The van der Waals surface area contributed by atoms with Gasteiger partial charge in [-0.25, -0.2) is 4.79 Å². The molecule has 1 fully saturated rings. The lowest BCUT2D eigenvalue weighted by atomic mass is 10.2. The molecule has 1 aromatic rings. The monoisotopic (exact) mass is 258 g/mol. The number of nitrogens with one attached hydrogen (secondary N) is 3. The fourth-order valence-corrected chi connectivity index (χ4v) is 1.69. The molecule has 5 nitrogen and oxygen atoms in total. The minimum absolute atomic E-state index is 0.212. The third kappa shape index (κ3) is 4.98. The Hall–Kier alpha value is -2.06. The van der Waals surface area contributed by atoms with Crippen molar-refractivity contribution in [3.05, 3.63) is 29.8 Å². The topological polar surface area (TPSA) is 77.0 Å². The maximum atomic E-state index is 11.6. The van der Waals surface area contributed by atoms with Crippen LogP contribution < -0.4 is 16.0 Å². The van der Waals surface area contributed by atoms with Crippen LogP contribution in [0.2, 0.25) is 0 Å². The predicted octanol–water partition coefficient (Wildman–Crippen LogP) is 1.82. The molecule has 1 saturated carbocycles. The summed E-state index contributed by atoms with van der Waals surface area (Å²) >= 11 is 0. The van der Waals surface area contributed by atoms with Crippen LogP contribution in [0, 0.1) is 11.3 Å². The molecular weight excluding hydrogens is 240 g/mol. The summed E-state index contributed by atoms with van der Waals surface area (Å²) in [5, 5.41) is 17.6. The predicted molar refractivity (Wildman–Crippen MR) is 73.8 cm³/mol. The van der Waals surface area contributed by atoms with Crippen LogP contribution in [-0.2, 0) is 0 Å². The van der Waals surface area contributed by atoms with Crippen molar-refractivity contribution in [3.8, 4) is 6.07 Å². The summed E-state index contributed by atoms with van der Waals surface area (Å²) in [4.78, 5) is 11.6. The number of nitriles is 1. The molecule has 0 aliphatic heterocycles. The molecule has 3 N–H and O–H groups in total. The zero-order valence-corrected chi connectivity index (χ0v) is 10.8. The Labute approximate surface area is 113 Å². The van der Waals surface area contributed by atoms with E-state index in [-0.39, 0.29) is 6.03 Å². The second-order valence-electron chi connectivity index (χ2n) is 4.65. The summed E-state index contributed by atoms with van der Waals surface area (Å²) < 4.78 is 0. The first-order valence-electron chi connectivity index (χ1n) is 6.56. The number of hydrogen-bond donors (Lipinski definition) is 3. The van der Waals surface area contributed by atoms with Crippen molar-refractivity contribution in [2.75, 3.05) is 18.4 Å². The summed E-state index contributed by atoms with van der Waals surface area (Å²) in [6.45, 7) is 1.60. The van der Waals surface area contributed by atoms with E-state index in [9.17, 15) is 4.79 Å². The lowest BCUT2D eigenvalue weighted by Gasteiger charge is -2.08. The molecule has 0 saturated heterocycles. The molecule has 100 valence electrons. The Bertz CT molecular complexity index is 459. The lowest BCUT2D eigenvalue weighted by molar-refractivity contribution is 0.252. The fraction of sp³-hybridized carbons (Fsp3) is 0.429. The third-order valence-electron chi connectivity index (χ3n) is 2.92. The van der Waals surface area contributed by atoms with Gasteiger partial charge in [-0.1, -0.05) is 0 Å². The van der Waals surface area contributed by atoms with Gasteiger partial charge in [0.25, 0.3) is 0 Å². The second kappa shape index (κ2) is 6.76. The van der Waals surface area contributed by atoms with Gasteiger partial charge >= 0.3 is 6.03 Å². The molecule has 0 aromatic heterocycles. The molecule has 1 aromatic carbocycles.